The van der Waals surface area contributed by atoms with Gasteiger partial charge in [-0.2, -0.15) is 0 Å². The summed E-state index contributed by atoms with van der Waals surface area (Å²) in [6, 6.07) is -0.267. The third-order valence-corrected chi connectivity index (χ3v) is 8.77. The number of thiophene rings is 1. The molecule has 2 aromatic rings. The van der Waals surface area contributed by atoms with E-state index in [-0.39, 0.29) is 28.7 Å². The van der Waals surface area contributed by atoms with E-state index in [1.807, 2.05) is 6.92 Å². The molecule has 2 aliphatic rings. The number of rotatable bonds is 4. The van der Waals surface area contributed by atoms with Crippen LogP contribution in [0.15, 0.2) is 11.4 Å². The van der Waals surface area contributed by atoms with E-state index >= 15 is 0 Å². The molecule has 0 unspecified atom stereocenters. The van der Waals surface area contributed by atoms with Gasteiger partial charge in [0.2, 0.25) is 5.91 Å². The number of sulfone groups is 1. The quantitative estimate of drug-likeness (QED) is 0.627. The Kier molecular flexibility index (Phi) is 4.49. The van der Waals surface area contributed by atoms with Gasteiger partial charge in [-0.3, -0.25) is 4.79 Å². The van der Waals surface area contributed by atoms with Crippen molar-refractivity contribution in [2.75, 3.05) is 11.5 Å². The monoisotopic (exact) mass is 397 g/mol. The van der Waals surface area contributed by atoms with Crippen LogP contribution in [0.25, 0.3) is 10.2 Å². The molecule has 0 radical (unpaired) electrons. The van der Waals surface area contributed by atoms with Crippen LogP contribution in [0.1, 0.15) is 30.2 Å². The molecule has 3 heterocycles. The van der Waals surface area contributed by atoms with Gasteiger partial charge in [0.1, 0.15) is 16.2 Å². The SMILES string of the molecule is C[C@@H](Sc1ncnc2sc3c(c12)CCC3)C(=O)N[C@@H]1CCS(=O)(=O)C1. The molecule has 0 saturated carbocycles. The Hall–Kier alpha value is -1.19. The van der Waals surface area contributed by atoms with Crippen LogP contribution >= 0.6 is 23.1 Å². The number of nitrogens with zero attached hydrogens (tertiary/aromatic N) is 2. The van der Waals surface area contributed by atoms with E-state index < -0.39 is 9.84 Å². The predicted octanol–water partition coefficient (Wildman–Crippen LogP) is 1.96. The number of amides is 1. The molecular formula is C16H19N3O3S3. The van der Waals surface area contributed by atoms with Crippen LogP contribution in [-0.2, 0) is 27.5 Å². The fraction of sp³-hybridized carbons (Fsp3) is 0.562. The van der Waals surface area contributed by atoms with Crippen LogP contribution in [0.5, 0.6) is 0 Å². The van der Waals surface area contributed by atoms with Gasteiger partial charge in [-0.05, 0) is 38.2 Å². The third kappa shape index (κ3) is 3.41. The highest BCUT2D eigenvalue weighted by atomic mass is 32.2. The minimum atomic E-state index is -2.99. The second-order valence-corrected chi connectivity index (χ2v) is 11.2. The van der Waals surface area contributed by atoms with Gasteiger partial charge in [0.05, 0.1) is 16.8 Å². The maximum atomic E-state index is 12.5. The number of carbonyl (C=O) groups excluding carboxylic acids is 1. The molecule has 0 bridgehead atoms. The number of hydrogen-bond acceptors (Lipinski definition) is 7. The van der Waals surface area contributed by atoms with Crippen molar-refractivity contribution in [2.45, 2.75) is 48.9 Å². The summed E-state index contributed by atoms with van der Waals surface area (Å²) in [4.78, 5) is 23.6. The van der Waals surface area contributed by atoms with Crippen molar-refractivity contribution in [1.29, 1.82) is 0 Å². The molecule has 1 N–H and O–H groups in total. The first-order valence-electron chi connectivity index (χ1n) is 8.35. The summed E-state index contributed by atoms with van der Waals surface area (Å²) in [5, 5.41) is 4.49. The maximum absolute atomic E-state index is 12.5. The number of nitrogens with one attached hydrogen (secondary N) is 1. The molecule has 1 aliphatic heterocycles. The molecule has 2 aromatic heterocycles. The largest absolute Gasteiger partial charge is 0.351 e. The van der Waals surface area contributed by atoms with Crippen LogP contribution < -0.4 is 5.32 Å². The van der Waals surface area contributed by atoms with Gasteiger partial charge in [-0.25, -0.2) is 18.4 Å². The smallest absolute Gasteiger partial charge is 0.233 e. The number of hydrogen-bond donors (Lipinski definition) is 1. The first-order chi connectivity index (χ1) is 11.9. The molecule has 1 amide bonds. The van der Waals surface area contributed by atoms with Gasteiger partial charge < -0.3 is 5.32 Å². The van der Waals surface area contributed by atoms with Crippen molar-refractivity contribution < 1.29 is 13.2 Å². The van der Waals surface area contributed by atoms with E-state index in [0.29, 0.717) is 6.42 Å². The second kappa shape index (κ2) is 6.51. The van der Waals surface area contributed by atoms with Crippen LogP contribution in [0, 0.1) is 0 Å². The highest BCUT2D eigenvalue weighted by Crippen LogP contribution is 2.40. The summed E-state index contributed by atoms with van der Waals surface area (Å²) in [7, 11) is -2.99. The molecule has 0 spiro atoms. The normalized spacial score (nSPS) is 22.8. The minimum Gasteiger partial charge on any atom is -0.351 e. The van der Waals surface area contributed by atoms with Crippen molar-refractivity contribution in [3.63, 3.8) is 0 Å². The number of aromatic nitrogens is 2. The van der Waals surface area contributed by atoms with E-state index in [0.717, 1.165) is 28.1 Å². The Bertz CT molecular complexity index is 939. The van der Waals surface area contributed by atoms with E-state index in [1.54, 1.807) is 17.7 Å². The average Bonchev–Trinajstić information content (AvgIpc) is 3.21. The Morgan fingerprint density at radius 2 is 2.24 bits per heavy atom. The van der Waals surface area contributed by atoms with E-state index in [9.17, 15) is 13.2 Å². The zero-order chi connectivity index (χ0) is 17.6. The van der Waals surface area contributed by atoms with Crippen molar-refractivity contribution in [3.8, 4) is 0 Å². The second-order valence-electron chi connectivity index (χ2n) is 6.58. The summed E-state index contributed by atoms with van der Waals surface area (Å²) in [5.41, 5.74) is 1.34. The number of carbonyl (C=O) groups is 1. The molecule has 25 heavy (non-hydrogen) atoms. The summed E-state index contributed by atoms with van der Waals surface area (Å²) in [6.07, 6.45) is 5.39. The number of aryl methyl sites for hydroxylation is 2. The van der Waals surface area contributed by atoms with Gasteiger partial charge in [-0.1, -0.05) is 11.8 Å². The first-order valence-corrected chi connectivity index (χ1v) is 11.9. The molecule has 1 aliphatic carbocycles. The lowest BCUT2D eigenvalue weighted by Gasteiger charge is -2.15. The van der Waals surface area contributed by atoms with Gasteiger partial charge in [-0.15, -0.1) is 11.3 Å². The van der Waals surface area contributed by atoms with Gasteiger partial charge >= 0.3 is 0 Å². The Labute approximate surface area is 154 Å². The zero-order valence-electron chi connectivity index (χ0n) is 13.8. The Morgan fingerprint density at radius 3 is 3.00 bits per heavy atom. The van der Waals surface area contributed by atoms with Gasteiger partial charge in [0.15, 0.2) is 9.84 Å². The number of fused-ring (bicyclic) bond motifs is 3. The van der Waals surface area contributed by atoms with Crippen LogP contribution in [0.3, 0.4) is 0 Å². The standard InChI is InChI=1S/C16H19N3O3S3/c1-9(14(20)19-10-5-6-25(21,22)7-10)23-15-13-11-3-2-4-12(11)24-16(13)18-8-17-15/h8-10H,2-7H2,1H3,(H,19,20)/t9-,10-/m1/s1. The third-order valence-electron chi connectivity index (χ3n) is 4.70. The molecule has 1 saturated heterocycles. The molecule has 4 rings (SSSR count). The summed E-state index contributed by atoms with van der Waals surface area (Å²) in [6.45, 7) is 1.84. The summed E-state index contributed by atoms with van der Waals surface area (Å²) < 4.78 is 23.1. The molecule has 0 aromatic carbocycles. The molecule has 9 heteroatoms. The van der Waals surface area contributed by atoms with E-state index in [1.165, 1.54) is 28.6 Å². The molecule has 134 valence electrons. The van der Waals surface area contributed by atoms with Gasteiger partial charge in [0.25, 0.3) is 0 Å². The lowest BCUT2D eigenvalue weighted by molar-refractivity contribution is -0.120. The van der Waals surface area contributed by atoms with E-state index in [2.05, 4.69) is 15.3 Å². The lowest BCUT2D eigenvalue weighted by Crippen LogP contribution is -2.39. The van der Waals surface area contributed by atoms with Crippen LogP contribution in [-0.4, -0.2) is 47.1 Å². The van der Waals surface area contributed by atoms with E-state index in [4.69, 9.17) is 0 Å². The van der Waals surface area contributed by atoms with Crippen molar-refractivity contribution >= 4 is 49.1 Å². The minimum absolute atomic E-state index is 0.0475. The van der Waals surface area contributed by atoms with Crippen LogP contribution in [0.4, 0.5) is 0 Å². The van der Waals surface area contributed by atoms with Crippen LogP contribution in [0.2, 0.25) is 0 Å². The van der Waals surface area contributed by atoms with Crippen molar-refractivity contribution in [3.05, 3.63) is 16.8 Å². The van der Waals surface area contributed by atoms with Gasteiger partial charge in [0, 0.05) is 16.3 Å². The first kappa shape index (κ1) is 17.2. The number of thioether (sulfide) groups is 1. The summed E-state index contributed by atoms with van der Waals surface area (Å²) in [5.74, 6) is 0.0737. The summed E-state index contributed by atoms with van der Waals surface area (Å²) >= 11 is 3.16. The Balaban J connectivity index is 1.50. The maximum Gasteiger partial charge on any atom is 0.233 e. The van der Waals surface area contributed by atoms with Crippen molar-refractivity contribution in [1.82, 2.24) is 15.3 Å². The fourth-order valence-electron chi connectivity index (χ4n) is 3.44. The zero-order valence-corrected chi connectivity index (χ0v) is 16.3. The Morgan fingerprint density at radius 1 is 1.40 bits per heavy atom. The topological polar surface area (TPSA) is 89.0 Å². The predicted molar refractivity (Wildman–Crippen MR) is 100.0 cm³/mol. The highest BCUT2D eigenvalue weighted by Gasteiger charge is 2.30. The molecular weight excluding hydrogens is 378 g/mol. The lowest BCUT2D eigenvalue weighted by atomic mass is 10.2. The van der Waals surface area contributed by atoms with Crippen molar-refractivity contribution in [2.24, 2.45) is 0 Å². The fourth-order valence-corrected chi connectivity index (χ4v) is 7.36. The molecule has 1 fully saturated rings. The highest BCUT2D eigenvalue weighted by molar-refractivity contribution is 8.00. The molecule has 6 nitrogen and oxygen atoms in total. The molecule has 2 atom stereocenters. The average molecular weight is 398 g/mol.